The SMILES string of the molecule is CCOC(=O)C/C(C(=O)/C=C/c1ccc(OC)c(F)c1)=C(O)\C=C\c1ccc(OC)c(F)c1. The van der Waals surface area contributed by atoms with E-state index < -0.39 is 35.6 Å². The van der Waals surface area contributed by atoms with Crippen molar-refractivity contribution in [2.75, 3.05) is 20.8 Å². The Morgan fingerprint density at radius 2 is 1.42 bits per heavy atom. The molecule has 8 heteroatoms. The molecule has 174 valence electrons. The molecule has 0 aliphatic heterocycles. The molecule has 33 heavy (non-hydrogen) atoms. The zero-order valence-corrected chi connectivity index (χ0v) is 18.4. The molecule has 0 atom stereocenters. The molecule has 2 aromatic rings. The van der Waals surface area contributed by atoms with Crippen molar-refractivity contribution in [2.24, 2.45) is 0 Å². The van der Waals surface area contributed by atoms with E-state index in [-0.39, 0.29) is 23.7 Å². The molecule has 0 aliphatic carbocycles. The van der Waals surface area contributed by atoms with Gasteiger partial charge >= 0.3 is 5.97 Å². The number of esters is 1. The first-order chi connectivity index (χ1) is 15.8. The molecule has 0 heterocycles. The first kappa shape index (κ1) is 25.3. The van der Waals surface area contributed by atoms with E-state index >= 15 is 0 Å². The Morgan fingerprint density at radius 1 is 0.909 bits per heavy atom. The minimum atomic E-state index is -0.708. The third-order valence-electron chi connectivity index (χ3n) is 4.45. The van der Waals surface area contributed by atoms with Crippen LogP contribution in [0, 0.1) is 11.6 Å². The number of aliphatic hydroxyl groups is 1. The van der Waals surface area contributed by atoms with Crippen molar-refractivity contribution in [2.45, 2.75) is 13.3 Å². The number of hydrogen-bond acceptors (Lipinski definition) is 6. The summed E-state index contributed by atoms with van der Waals surface area (Å²) in [6, 6.07) is 8.28. The van der Waals surface area contributed by atoms with E-state index in [0.29, 0.717) is 11.1 Å². The van der Waals surface area contributed by atoms with Crippen molar-refractivity contribution in [1.82, 2.24) is 0 Å². The fraction of sp³-hybridized carbons (Fsp3) is 0.200. The van der Waals surface area contributed by atoms with Crippen LogP contribution in [0.25, 0.3) is 12.2 Å². The molecule has 0 aliphatic rings. The van der Waals surface area contributed by atoms with Gasteiger partial charge in [-0.25, -0.2) is 8.78 Å². The first-order valence-electron chi connectivity index (χ1n) is 9.94. The molecular formula is C25H24F2O6. The molecule has 0 unspecified atom stereocenters. The van der Waals surface area contributed by atoms with Crippen LogP contribution in [-0.4, -0.2) is 37.7 Å². The van der Waals surface area contributed by atoms with Gasteiger partial charge in [-0.2, -0.15) is 0 Å². The maximum atomic E-state index is 13.9. The van der Waals surface area contributed by atoms with Gasteiger partial charge < -0.3 is 19.3 Å². The molecular weight excluding hydrogens is 434 g/mol. The van der Waals surface area contributed by atoms with Crippen LogP contribution in [-0.2, 0) is 14.3 Å². The Kier molecular flexibility index (Phi) is 9.35. The van der Waals surface area contributed by atoms with Crippen molar-refractivity contribution in [1.29, 1.82) is 0 Å². The van der Waals surface area contributed by atoms with Gasteiger partial charge in [-0.15, -0.1) is 0 Å². The summed E-state index contributed by atoms with van der Waals surface area (Å²) in [5.74, 6) is -2.96. The van der Waals surface area contributed by atoms with Gasteiger partial charge in [0.25, 0.3) is 0 Å². The van der Waals surface area contributed by atoms with E-state index in [1.54, 1.807) is 19.1 Å². The van der Waals surface area contributed by atoms with Crippen LogP contribution in [0.2, 0.25) is 0 Å². The molecule has 1 N–H and O–H groups in total. The monoisotopic (exact) mass is 458 g/mol. The summed E-state index contributed by atoms with van der Waals surface area (Å²) in [5.41, 5.74) is 0.539. The van der Waals surface area contributed by atoms with Gasteiger partial charge in [-0.1, -0.05) is 24.3 Å². The van der Waals surface area contributed by atoms with Crippen LogP contribution in [0.3, 0.4) is 0 Å². The molecule has 2 rings (SSSR count). The van der Waals surface area contributed by atoms with E-state index in [1.807, 2.05) is 0 Å². The van der Waals surface area contributed by atoms with Crippen molar-refractivity contribution >= 4 is 23.9 Å². The van der Waals surface area contributed by atoms with E-state index in [2.05, 4.69) is 0 Å². The summed E-state index contributed by atoms with van der Waals surface area (Å²) in [6.45, 7) is 1.71. The minimum Gasteiger partial charge on any atom is -0.508 e. The summed E-state index contributed by atoms with van der Waals surface area (Å²) < 4.78 is 42.3. The van der Waals surface area contributed by atoms with Crippen LogP contribution in [0.5, 0.6) is 11.5 Å². The van der Waals surface area contributed by atoms with Gasteiger partial charge in [-0.3, -0.25) is 9.59 Å². The van der Waals surface area contributed by atoms with Gasteiger partial charge in [0.2, 0.25) is 0 Å². The van der Waals surface area contributed by atoms with Gasteiger partial charge in [0.15, 0.2) is 28.9 Å². The number of halogens is 2. The lowest BCUT2D eigenvalue weighted by atomic mass is 10.0. The molecule has 0 bridgehead atoms. The molecule has 0 radical (unpaired) electrons. The Bertz CT molecular complexity index is 1100. The van der Waals surface area contributed by atoms with E-state index in [1.165, 1.54) is 56.7 Å². The highest BCUT2D eigenvalue weighted by molar-refractivity contribution is 6.09. The van der Waals surface area contributed by atoms with Crippen molar-refractivity contribution < 1.29 is 37.7 Å². The second-order valence-corrected chi connectivity index (χ2v) is 6.66. The number of hydrogen-bond donors (Lipinski definition) is 1. The van der Waals surface area contributed by atoms with E-state index in [9.17, 15) is 23.5 Å². The number of ether oxygens (including phenoxy) is 3. The van der Waals surface area contributed by atoms with E-state index in [4.69, 9.17) is 14.2 Å². The Morgan fingerprint density at radius 3 is 1.88 bits per heavy atom. The zero-order valence-electron chi connectivity index (χ0n) is 18.4. The van der Waals surface area contributed by atoms with Gasteiger partial charge in [0.05, 0.1) is 32.8 Å². The highest BCUT2D eigenvalue weighted by Crippen LogP contribution is 2.21. The normalized spacial score (nSPS) is 12.0. The topological polar surface area (TPSA) is 82.1 Å². The third kappa shape index (κ3) is 7.31. The first-order valence-corrected chi connectivity index (χ1v) is 9.94. The van der Waals surface area contributed by atoms with E-state index in [0.717, 1.165) is 6.08 Å². The van der Waals surface area contributed by atoms with Crippen LogP contribution in [0.4, 0.5) is 8.78 Å². The van der Waals surface area contributed by atoms with Gasteiger partial charge in [0, 0.05) is 0 Å². The third-order valence-corrected chi connectivity index (χ3v) is 4.45. The fourth-order valence-corrected chi connectivity index (χ4v) is 2.78. The fourth-order valence-electron chi connectivity index (χ4n) is 2.78. The van der Waals surface area contributed by atoms with Crippen molar-refractivity contribution in [3.05, 3.63) is 82.6 Å². The summed E-state index contributed by atoms with van der Waals surface area (Å²) in [7, 11) is 2.67. The van der Waals surface area contributed by atoms with Crippen LogP contribution < -0.4 is 9.47 Å². The number of aliphatic hydroxyl groups excluding tert-OH is 1. The van der Waals surface area contributed by atoms with Crippen LogP contribution >= 0.6 is 0 Å². The van der Waals surface area contributed by atoms with Crippen LogP contribution in [0.15, 0.2) is 59.9 Å². The summed E-state index contributed by atoms with van der Waals surface area (Å²) in [6.07, 6.45) is 4.51. The molecule has 0 spiro atoms. The van der Waals surface area contributed by atoms with Gasteiger partial charge in [-0.05, 0) is 54.5 Å². The number of rotatable bonds is 10. The molecule has 6 nitrogen and oxygen atoms in total. The number of benzene rings is 2. The maximum absolute atomic E-state index is 13.9. The predicted octanol–water partition coefficient (Wildman–Crippen LogP) is 5.04. The second kappa shape index (κ2) is 12.2. The second-order valence-electron chi connectivity index (χ2n) is 6.66. The lowest BCUT2D eigenvalue weighted by Crippen LogP contribution is -2.11. The Balaban J connectivity index is 2.32. The Hall–Kier alpha value is -3.94. The molecule has 2 aromatic carbocycles. The smallest absolute Gasteiger partial charge is 0.310 e. The lowest BCUT2D eigenvalue weighted by Gasteiger charge is -2.07. The maximum Gasteiger partial charge on any atom is 0.310 e. The van der Waals surface area contributed by atoms with Crippen LogP contribution in [0.1, 0.15) is 24.5 Å². The lowest BCUT2D eigenvalue weighted by molar-refractivity contribution is -0.142. The average molecular weight is 458 g/mol. The number of methoxy groups -OCH3 is 2. The summed E-state index contributed by atoms with van der Waals surface area (Å²) in [4.78, 5) is 24.7. The Labute approximate surface area is 190 Å². The van der Waals surface area contributed by atoms with Crippen molar-refractivity contribution in [3.8, 4) is 11.5 Å². The summed E-state index contributed by atoms with van der Waals surface area (Å²) in [5, 5.41) is 10.5. The molecule has 0 saturated heterocycles. The predicted molar refractivity (Wildman–Crippen MR) is 120 cm³/mol. The molecule has 0 saturated carbocycles. The highest BCUT2D eigenvalue weighted by atomic mass is 19.1. The quantitative estimate of drug-likeness (QED) is 0.232. The average Bonchev–Trinajstić information content (AvgIpc) is 2.79. The zero-order chi connectivity index (χ0) is 24.4. The molecule has 0 amide bonds. The molecule has 0 fully saturated rings. The largest absolute Gasteiger partial charge is 0.508 e. The molecule has 0 aromatic heterocycles. The minimum absolute atomic E-state index is 0.0547. The number of carbonyl (C=O) groups is 2. The number of ketones is 1. The highest BCUT2D eigenvalue weighted by Gasteiger charge is 2.17. The van der Waals surface area contributed by atoms with Crippen molar-refractivity contribution in [3.63, 3.8) is 0 Å². The number of allylic oxidation sites excluding steroid dienone is 2. The standard InChI is InChI=1S/C25H24F2O6/c1-4-33-25(30)15-18(21(28)9-5-16-7-11-23(31-2)19(26)13-16)22(29)10-6-17-8-12-24(32-3)20(27)14-17/h5-14,28H,4,15H2,1-3H3/b9-5+,10-6+,21-18-. The van der Waals surface area contributed by atoms with Gasteiger partial charge in [0.1, 0.15) is 5.76 Å². The number of carbonyl (C=O) groups excluding carboxylic acids is 2. The summed E-state index contributed by atoms with van der Waals surface area (Å²) >= 11 is 0.